The number of rotatable bonds is 6. The zero-order chi connectivity index (χ0) is 16.8. The van der Waals surface area contributed by atoms with E-state index in [4.69, 9.17) is 27.9 Å². The molecule has 1 aliphatic rings. The molecule has 128 valence electrons. The summed E-state index contributed by atoms with van der Waals surface area (Å²) in [5, 5.41) is 4.07. The van der Waals surface area contributed by atoms with Crippen molar-refractivity contribution in [1.29, 1.82) is 0 Å². The minimum absolute atomic E-state index is 0.0352. The largest absolute Gasteiger partial charge is 0.482 e. The molecule has 2 atom stereocenters. The molecule has 1 aromatic carbocycles. The molecule has 4 nitrogen and oxygen atoms in total. The summed E-state index contributed by atoms with van der Waals surface area (Å²) in [4.78, 5) is 14.4. The lowest BCUT2D eigenvalue weighted by molar-refractivity contribution is -0.124. The fourth-order valence-electron chi connectivity index (χ4n) is 3.07. The highest BCUT2D eigenvalue weighted by atomic mass is 35.5. The molecule has 0 aromatic heterocycles. The lowest BCUT2D eigenvalue weighted by atomic mass is 9.84. The Morgan fingerprint density at radius 1 is 1.30 bits per heavy atom. The van der Waals surface area contributed by atoms with Gasteiger partial charge in [-0.05, 0) is 51.1 Å². The fourth-order valence-corrected chi connectivity index (χ4v) is 3.53. The van der Waals surface area contributed by atoms with E-state index in [0.717, 1.165) is 19.4 Å². The maximum Gasteiger partial charge on any atom is 0.258 e. The van der Waals surface area contributed by atoms with Gasteiger partial charge in [0.1, 0.15) is 5.75 Å². The van der Waals surface area contributed by atoms with Crippen LogP contribution in [0.3, 0.4) is 0 Å². The minimum atomic E-state index is -0.105. The predicted molar refractivity (Wildman–Crippen MR) is 94.4 cm³/mol. The molecule has 2 unspecified atom stereocenters. The Morgan fingerprint density at radius 2 is 2.04 bits per heavy atom. The molecule has 1 fully saturated rings. The van der Waals surface area contributed by atoms with Crippen LogP contribution in [-0.2, 0) is 4.79 Å². The molecule has 1 amide bonds. The molecule has 0 heterocycles. The van der Waals surface area contributed by atoms with Gasteiger partial charge in [0.25, 0.3) is 5.91 Å². The molecule has 0 spiro atoms. The van der Waals surface area contributed by atoms with E-state index in [1.54, 1.807) is 18.2 Å². The molecule has 2 rings (SSSR count). The van der Waals surface area contributed by atoms with Crippen LogP contribution in [0.25, 0.3) is 0 Å². The second-order valence-electron chi connectivity index (χ2n) is 6.34. The quantitative estimate of drug-likeness (QED) is 0.844. The molecule has 6 heteroatoms. The van der Waals surface area contributed by atoms with Crippen LogP contribution in [0.2, 0.25) is 10.0 Å². The number of hydrogen-bond donors (Lipinski definition) is 1. The van der Waals surface area contributed by atoms with E-state index in [-0.39, 0.29) is 18.6 Å². The Kier molecular flexibility index (Phi) is 7.00. The van der Waals surface area contributed by atoms with Crippen LogP contribution < -0.4 is 10.1 Å². The average Bonchev–Trinajstić information content (AvgIpc) is 2.48. The van der Waals surface area contributed by atoms with Gasteiger partial charge in [0.05, 0.1) is 5.02 Å². The highest BCUT2D eigenvalue weighted by Gasteiger charge is 2.26. The van der Waals surface area contributed by atoms with Crippen molar-refractivity contribution in [3.8, 4) is 5.75 Å². The first-order valence-electron chi connectivity index (χ1n) is 7.97. The van der Waals surface area contributed by atoms with Crippen molar-refractivity contribution in [1.82, 2.24) is 10.2 Å². The summed E-state index contributed by atoms with van der Waals surface area (Å²) in [6.07, 6.45) is 4.60. The number of amides is 1. The van der Waals surface area contributed by atoms with Crippen LogP contribution in [0.1, 0.15) is 25.7 Å². The Bertz CT molecular complexity index is 537. The molecular weight excluding hydrogens is 335 g/mol. The van der Waals surface area contributed by atoms with Gasteiger partial charge in [-0.15, -0.1) is 0 Å². The minimum Gasteiger partial charge on any atom is -0.482 e. The van der Waals surface area contributed by atoms with Gasteiger partial charge in [0, 0.05) is 17.6 Å². The Balaban J connectivity index is 1.85. The number of nitrogens with zero attached hydrogens (tertiary/aromatic N) is 1. The van der Waals surface area contributed by atoms with Crippen molar-refractivity contribution >= 4 is 29.1 Å². The summed E-state index contributed by atoms with van der Waals surface area (Å²) in [6.45, 7) is 0.960. The molecule has 0 aliphatic heterocycles. The van der Waals surface area contributed by atoms with E-state index in [2.05, 4.69) is 24.3 Å². The van der Waals surface area contributed by atoms with Crippen molar-refractivity contribution in [2.24, 2.45) is 5.92 Å². The van der Waals surface area contributed by atoms with Crippen molar-refractivity contribution in [3.63, 3.8) is 0 Å². The lowest BCUT2D eigenvalue weighted by Gasteiger charge is -2.33. The van der Waals surface area contributed by atoms with Gasteiger partial charge in [-0.1, -0.05) is 36.0 Å². The van der Waals surface area contributed by atoms with Crippen LogP contribution in [0.4, 0.5) is 0 Å². The van der Waals surface area contributed by atoms with Crippen molar-refractivity contribution < 1.29 is 9.53 Å². The maximum atomic E-state index is 12.2. The van der Waals surface area contributed by atoms with Gasteiger partial charge in [-0.3, -0.25) is 4.79 Å². The van der Waals surface area contributed by atoms with Gasteiger partial charge in [-0.25, -0.2) is 0 Å². The summed E-state index contributed by atoms with van der Waals surface area (Å²) >= 11 is 11.9. The smallest absolute Gasteiger partial charge is 0.258 e. The van der Waals surface area contributed by atoms with Gasteiger partial charge < -0.3 is 15.0 Å². The second kappa shape index (κ2) is 8.76. The second-order valence-corrected chi connectivity index (χ2v) is 7.19. The van der Waals surface area contributed by atoms with Gasteiger partial charge in [0.2, 0.25) is 0 Å². The van der Waals surface area contributed by atoms with E-state index < -0.39 is 0 Å². The number of carbonyl (C=O) groups is 1. The SMILES string of the molecule is CN(C)CC1CCCCC1NC(=O)COc1ccc(Cl)cc1Cl. The van der Waals surface area contributed by atoms with E-state index in [0.29, 0.717) is 21.7 Å². The molecule has 1 saturated carbocycles. The van der Waals surface area contributed by atoms with Crippen LogP contribution in [0.5, 0.6) is 5.75 Å². The number of ether oxygens (including phenoxy) is 1. The number of halogens is 2. The van der Waals surface area contributed by atoms with Crippen LogP contribution >= 0.6 is 23.2 Å². The predicted octanol–water partition coefficient (Wildman–Crippen LogP) is 3.61. The summed E-state index contributed by atoms with van der Waals surface area (Å²) in [6, 6.07) is 5.19. The first-order chi connectivity index (χ1) is 11.0. The normalized spacial score (nSPS) is 21.3. The third-order valence-corrected chi connectivity index (χ3v) is 4.64. The Labute approximate surface area is 148 Å². The summed E-state index contributed by atoms with van der Waals surface area (Å²) in [5.74, 6) is 0.869. The van der Waals surface area contributed by atoms with E-state index in [1.165, 1.54) is 12.8 Å². The van der Waals surface area contributed by atoms with Crippen LogP contribution in [0, 0.1) is 5.92 Å². The third kappa shape index (κ3) is 5.87. The maximum absolute atomic E-state index is 12.2. The summed E-state index contributed by atoms with van der Waals surface area (Å²) in [7, 11) is 4.14. The summed E-state index contributed by atoms with van der Waals surface area (Å²) < 4.78 is 5.50. The molecule has 0 radical (unpaired) electrons. The Morgan fingerprint density at radius 3 is 2.74 bits per heavy atom. The van der Waals surface area contributed by atoms with E-state index in [1.807, 2.05) is 0 Å². The van der Waals surface area contributed by atoms with Gasteiger partial charge in [-0.2, -0.15) is 0 Å². The molecule has 1 N–H and O–H groups in total. The summed E-state index contributed by atoms with van der Waals surface area (Å²) in [5.41, 5.74) is 0. The number of carbonyl (C=O) groups excluding carboxylic acids is 1. The van der Waals surface area contributed by atoms with Crippen molar-refractivity contribution in [2.75, 3.05) is 27.2 Å². The zero-order valence-electron chi connectivity index (χ0n) is 13.6. The van der Waals surface area contributed by atoms with Crippen molar-refractivity contribution in [3.05, 3.63) is 28.2 Å². The Hall–Kier alpha value is -0.970. The molecule has 23 heavy (non-hydrogen) atoms. The number of benzene rings is 1. The average molecular weight is 359 g/mol. The van der Waals surface area contributed by atoms with Gasteiger partial charge >= 0.3 is 0 Å². The van der Waals surface area contributed by atoms with Crippen LogP contribution in [-0.4, -0.2) is 44.1 Å². The zero-order valence-corrected chi connectivity index (χ0v) is 15.2. The van der Waals surface area contributed by atoms with E-state index in [9.17, 15) is 4.79 Å². The van der Waals surface area contributed by atoms with Crippen LogP contribution in [0.15, 0.2) is 18.2 Å². The number of hydrogen-bond acceptors (Lipinski definition) is 3. The molecule has 1 aliphatic carbocycles. The first-order valence-corrected chi connectivity index (χ1v) is 8.73. The molecule has 1 aromatic rings. The molecule has 0 bridgehead atoms. The standard InChI is InChI=1S/C17H24Cl2N2O2/c1-21(2)10-12-5-3-4-6-15(12)20-17(22)11-23-16-8-7-13(18)9-14(16)19/h7-9,12,15H,3-6,10-11H2,1-2H3,(H,20,22). The van der Waals surface area contributed by atoms with Crippen molar-refractivity contribution in [2.45, 2.75) is 31.7 Å². The highest BCUT2D eigenvalue weighted by molar-refractivity contribution is 6.35. The molecular formula is C17H24Cl2N2O2. The van der Waals surface area contributed by atoms with E-state index >= 15 is 0 Å². The topological polar surface area (TPSA) is 41.6 Å². The molecule has 0 saturated heterocycles. The number of nitrogens with one attached hydrogen (secondary N) is 1. The van der Waals surface area contributed by atoms with Gasteiger partial charge in [0.15, 0.2) is 6.61 Å². The first kappa shape index (κ1) is 18.4. The third-order valence-electron chi connectivity index (χ3n) is 4.11. The monoisotopic (exact) mass is 358 g/mol. The highest BCUT2D eigenvalue weighted by Crippen LogP contribution is 2.28. The fraction of sp³-hybridized carbons (Fsp3) is 0.588. The lowest BCUT2D eigenvalue weighted by Crippen LogP contribution is -2.46.